The molecule has 0 aromatic heterocycles. The van der Waals surface area contributed by atoms with E-state index in [1.165, 1.54) is 31.2 Å². The highest BCUT2D eigenvalue weighted by molar-refractivity contribution is 5.28. The van der Waals surface area contributed by atoms with Crippen molar-refractivity contribution in [1.29, 1.82) is 5.26 Å². The van der Waals surface area contributed by atoms with E-state index >= 15 is 0 Å². The van der Waals surface area contributed by atoms with Crippen LogP contribution in [0.4, 0.5) is 0 Å². The molecule has 0 atom stereocenters. The first-order valence-corrected chi connectivity index (χ1v) is 7.12. The average Bonchev–Trinajstić information content (AvgIpc) is 3.27. The van der Waals surface area contributed by atoms with Crippen LogP contribution in [0.5, 0.6) is 5.75 Å². The molecule has 0 bridgehead atoms. The molecule has 3 rings (SSSR count). The molecule has 2 aliphatic rings. The van der Waals surface area contributed by atoms with Gasteiger partial charge in [0.15, 0.2) is 6.61 Å². The van der Waals surface area contributed by atoms with Crippen molar-refractivity contribution in [2.24, 2.45) is 11.3 Å². The summed E-state index contributed by atoms with van der Waals surface area (Å²) in [6.45, 7) is 2.15. The van der Waals surface area contributed by atoms with Gasteiger partial charge in [-0.15, -0.1) is 0 Å². The summed E-state index contributed by atoms with van der Waals surface area (Å²) in [6, 6.07) is 9.98. The van der Waals surface area contributed by atoms with Crippen LogP contribution in [0.15, 0.2) is 24.3 Å². The molecular weight excluding hydrogens is 236 g/mol. The van der Waals surface area contributed by atoms with Gasteiger partial charge in [0.25, 0.3) is 0 Å². The van der Waals surface area contributed by atoms with E-state index < -0.39 is 0 Å². The van der Waals surface area contributed by atoms with Gasteiger partial charge in [-0.2, -0.15) is 5.26 Å². The van der Waals surface area contributed by atoms with Gasteiger partial charge in [-0.1, -0.05) is 12.1 Å². The molecule has 2 fully saturated rings. The van der Waals surface area contributed by atoms with Gasteiger partial charge in [0, 0.05) is 13.1 Å². The fourth-order valence-corrected chi connectivity index (χ4v) is 2.90. The lowest BCUT2D eigenvalue weighted by Gasteiger charge is -2.15. The SMILES string of the molecule is N#CCOc1cccc(CNCC2(C3CC3)CC2)c1. The number of nitriles is 1. The molecule has 1 N–H and O–H groups in total. The Morgan fingerprint density at radius 2 is 2.21 bits per heavy atom. The maximum atomic E-state index is 8.51. The minimum Gasteiger partial charge on any atom is -0.479 e. The third-order valence-corrected chi connectivity index (χ3v) is 4.34. The van der Waals surface area contributed by atoms with Gasteiger partial charge >= 0.3 is 0 Å². The number of rotatable bonds is 7. The Morgan fingerprint density at radius 1 is 1.37 bits per heavy atom. The van der Waals surface area contributed by atoms with E-state index in [0.29, 0.717) is 5.41 Å². The summed E-state index contributed by atoms with van der Waals surface area (Å²) in [5.74, 6) is 1.79. The number of hydrogen-bond acceptors (Lipinski definition) is 3. The smallest absolute Gasteiger partial charge is 0.174 e. The lowest BCUT2D eigenvalue weighted by molar-refractivity contribution is 0.367. The summed E-state index contributed by atoms with van der Waals surface area (Å²) in [4.78, 5) is 0. The molecule has 0 unspecified atom stereocenters. The number of hydrogen-bond donors (Lipinski definition) is 1. The third kappa shape index (κ3) is 3.08. The first-order chi connectivity index (χ1) is 9.32. The quantitative estimate of drug-likeness (QED) is 0.816. The maximum Gasteiger partial charge on any atom is 0.174 e. The zero-order valence-electron chi connectivity index (χ0n) is 11.2. The van der Waals surface area contributed by atoms with Crippen LogP contribution in [0, 0.1) is 22.7 Å². The van der Waals surface area contributed by atoms with E-state index in [1.807, 2.05) is 24.3 Å². The van der Waals surface area contributed by atoms with E-state index in [2.05, 4.69) is 11.4 Å². The maximum absolute atomic E-state index is 8.51. The van der Waals surface area contributed by atoms with Crippen molar-refractivity contribution in [3.8, 4) is 11.8 Å². The first-order valence-electron chi connectivity index (χ1n) is 7.12. The largest absolute Gasteiger partial charge is 0.479 e. The molecule has 100 valence electrons. The minimum atomic E-state index is 0.113. The molecule has 0 amide bonds. The van der Waals surface area contributed by atoms with Crippen LogP contribution in [-0.4, -0.2) is 13.2 Å². The minimum absolute atomic E-state index is 0.113. The van der Waals surface area contributed by atoms with Gasteiger partial charge in [-0.25, -0.2) is 0 Å². The Bertz CT molecular complexity index is 484. The second-order valence-corrected chi connectivity index (χ2v) is 5.83. The number of nitrogens with one attached hydrogen (secondary N) is 1. The molecule has 2 aliphatic carbocycles. The number of ether oxygens (including phenoxy) is 1. The molecule has 0 spiro atoms. The van der Waals surface area contributed by atoms with Crippen molar-refractivity contribution in [3.63, 3.8) is 0 Å². The average molecular weight is 256 g/mol. The molecule has 19 heavy (non-hydrogen) atoms. The predicted molar refractivity (Wildman–Crippen MR) is 73.6 cm³/mol. The van der Waals surface area contributed by atoms with Crippen molar-refractivity contribution >= 4 is 0 Å². The number of benzene rings is 1. The lowest BCUT2D eigenvalue weighted by Crippen LogP contribution is -2.25. The second kappa shape index (κ2) is 5.22. The highest BCUT2D eigenvalue weighted by atomic mass is 16.5. The second-order valence-electron chi connectivity index (χ2n) is 5.83. The lowest BCUT2D eigenvalue weighted by atomic mass is 10.0. The van der Waals surface area contributed by atoms with Gasteiger partial charge < -0.3 is 10.1 Å². The Balaban J connectivity index is 1.48. The Hall–Kier alpha value is -1.53. The van der Waals surface area contributed by atoms with Crippen LogP contribution < -0.4 is 10.1 Å². The monoisotopic (exact) mass is 256 g/mol. The molecule has 0 saturated heterocycles. The topological polar surface area (TPSA) is 45.0 Å². The molecule has 0 radical (unpaired) electrons. The van der Waals surface area contributed by atoms with Gasteiger partial charge in [0.05, 0.1) is 0 Å². The molecular formula is C16H20N2O. The van der Waals surface area contributed by atoms with Gasteiger partial charge in [-0.05, 0) is 54.7 Å². The fourth-order valence-electron chi connectivity index (χ4n) is 2.90. The molecule has 0 heterocycles. The van der Waals surface area contributed by atoms with E-state index in [-0.39, 0.29) is 6.61 Å². The molecule has 2 saturated carbocycles. The first kappa shape index (κ1) is 12.5. The van der Waals surface area contributed by atoms with Crippen molar-refractivity contribution in [2.45, 2.75) is 32.2 Å². The normalized spacial score (nSPS) is 19.7. The van der Waals surface area contributed by atoms with Crippen LogP contribution >= 0.6 is 0 Å². The van der Waals surface area contributed by atoms with Crippen LogP contribution in [0.1, 0.15) is 31.2 Å². The molecule has 1 aromatic carbocycles. The van der Waals surface area contributed by atoms with Gasteiger partial charge in [0.1, 0.15) is 11.8 Å². The molecule has 3 nitrogen and oxygen atoms in total. The van der Waals surface area contributed by atoms with Crippen LogP contribution in [-0.2, 0) is 6.54 Å². The van der Waals surface area contributed by atoms with E-state index in [1.54, 1.807) is 0 Å². The molecule has 0 aliphatic heterocycles. The summed E-state index contributed by atoms with van der Waals surface area (Å²) in [7, 11) is 0. The predicted octanol–water partition coefficient (Wildman–Crippen LogP) is 2.87. The van der Waals surface area contributed by atoms with Crippen molar-refractivity contribution in [3.05, 3.63) is 29.8 Å². The highest BCUT2D eigenvalue weighted by Crippen LogP contribution is 2.60. The zero-order valence-corrected chi connectivity index (χ0v) is 11.2. The fraction of sp³-hybridized carbons (Fsp3) is 0.562. The summed E-state index contributed by atoms with van der Waals surface area (Å²) in [5, 5.41) is 12.1. The summed E-state index contributed by atoms with van der Waals surface area (Å²) >= 11 is 0. The van der Waals surface area contributed by atoms with E-state index in [0.717, 1.165) is 24.8 Å². The summed E-state index contributed by atoms with van der Waals surface area (Å²) in [5.41, 5.74) is 1.87. The third-order valence-electron chi connectivity index (χ3n) is 4.34. The van der Waals surface area contributed by atoms with Crippen molar-refractivity contribution in [1.82, 2.24) is 5.32 Å². The summed E-state index contributed by atoms with van der Waals surface area (Å²) < 4.78 is 5.31. The molecule has 1 aromatic rings. The Labute approximate surface area is 114 Å². The van der Waals surface area contributed by atoms with Crippen molar-refractivity contribution in [2.75, 3.05) is 13.2 Å². The van der Waals surface area contributed by atoms with E-state index in [4.69, 9.17) is 10.00 Å². The highest BCUT2D eigenvalue weighted by Gasteiger charge is 2.53. The van der Waals surface area contributed by atoms with Crippen LogP contribution in [0.3, 0.4) is 0 Å². The number of nitrogens with zero attached hydrogens (tertiary/aromatic N) is 1. The van der Waals surface area contributed by atoms with Crippen LogP contribution in [0.2, 0.25) is 0 Å². The Morgan fingerprint density at radius 3 is 2.89 bits per heavy atom. The molecule has 3 heteroatoms. The Kier molecular flexibility index (Phi) is 3.44. The van der Waals surface area contributed by atoms with Crippen LogP contribution in [0.25, 0.3) is 0 Å². The van der Waals surface area contributed by atoms with Crippen molar-refractivity contribution < 1.29 is 4.74 Å². The van der Waals surface area contributed by atoms with Gasteiger partial charge in [-0.3, -0.25) is 0 Å². The summed E-state index contributed by atoms with van der Waals surface area (Å²) in [6.07, 6.45) is 5.71. The zero-order chi connectivity index (χ0) is 13.1. The standard InChI is InChI=1S/C16H20N2O/c17-8-9-19-15-3-1-2-13(10-15)11-18-12-16(6-7-16)14-4-5-14/h1-3,10,14,18H,4-7,9,11-12H2. The van der Waals surface area contributed by atoms with E-state index in [9.17, 15) is 0 Å². The van der Waals surface area contributed by atoms with Gasteiger partial charge in [0.2, 0.25) is 0 Å².